The summed E-state index contributed by atoms with van der Waals surface area (Å²) >= 11 is 6.08. The molecule has 1 aliphatic heterocycles. The normalized spacial score (nSPS) is 20.7. The van der Waals surface area contributed by atoms with Crippen molar-refractivity contribution in [2.75, 3.05) is 4.90 Å². The fraction of sp³-hybridized carbons (Fsp3) is 0.308. The van der Waals surface area contributed by atoms with Crippen molar-refractivity contribution in [2.45, 2.75) is 19.8 Å². The number of para-hydroxylation sites is 1. The highest BCUT2D eigenvalue weighted by Crippen LogP contribution is 2.50. The number of amides is 4. The van der Waals surface area contributed by atoms with Gasteiger partial charge in [-0.3, -0.25) is 14.9 Å². The molecule has 0 atom stereocenters. The van der Waals surface area contributed by atoms with Crippen LogP contribution in [0, 0.1) is 12.3 Å². The zero-order valence-corrected chi connectivity index (χ0v) is 11.0. The molecule has 4 amide bonds. The number of nitrogens with one attached hydrogen (secondary N) is 1. The van der Waals surface area contributed by atoms with E-state index in [2.05, 4.69) is 5.32 Å². The minimum atomic E-state index is -1.06. The van der Waals surface area contributed by atoms with E-state index in [1.807, 2.05) is 0 Å². The monoisotopic (exact) mass is 278 g/mol. The van der Waals surface area contributed by atoms with Crippen LogP contribution < -0.4 is 10.2 Å². The van der Waals surface area contributed by atoms with Gasteiger partial charge >= 0.3 is 6.03 Å². The van der Waals surface area contributed by atoms with Crippen molar-refractivity contribution in [1.29, 1.82) is 0 Å². The van der Waals surface area contributed by atoms with Crippen LogP contribution in [0.1, 0.15) is 18.4 Å². The van der Waals surface area contributed by atoms with Crippen molar-refractivity contribution in [2.24, 2.45) is 5.41 Å². The minimum Gasteiger partial charge on any atom is -0.276 e. The summed E-state index contributed by atoms with van der Waals surface area (Å²) in [5.74, 6) is -0.971. The zero-order valence-electron chi connectivity index (χ0n) is 10.2. The van der Waals surface area contributed by atoms with Gasteiger partial charge in [0.2, 0.25) is 5.91 Å². The second-order valence-corrected chi connectivity index (χ2v) is 5.29. The third kappa shape index (κ3) is 1.58. The Labute approximate surface area is 114 Å². The number of imide groups is 2. The van der Waals surface area contributed by atoms with E-state index in [0.717, 1.165) is 4.90 Å². The average molecular weight is 279 g/mol. The fourth-order valence-electron chi connectivity index (χ4n) is 2.35. The number of benzene rings is 1. The van der Waals surface area contributed by atoms with Gasteiger partial charge in [-0.2, -0.15) is 0 Å². The molecule has 0 radical (unpaired) electrons. The molecule has 3 rings (SSSR count). The number of halogens is 1. The van der Waals surface area contributed by atoms with Gasteiger partial charge in [-0.25, -0.2) is 9.69 Å². The molecule has 2 fully saturated rings. The van der Waals surface area contributed by atoms with Gasteiger partial charge in [0.05, 0.1) is 10.7 Å². The van der Waals surface area contributed by atoms with Gasteiger partial charge in [-0.15, -0.1) is 0 Å². The lowest BCUT2D eigenvalue weighted by Crippen LogP contribution is -2.59. The molecule has 1 saturated heterocycles. The number of hydrogen-bond acceptors (Lipinski definition) is 3. The Morgan fingerprint density at radius 3 is 2.53 bits per heavy atom. The number of nitrogens with zero attached hydrogens (tertiary/aromatic N) is 1. The highest BCUT2D eigenvalue weighted by Gasteiger charge is 2.62. The zero-order chi connectivity index (χ0) is 13.8. The van der Waals surface area contributed by atoms with Gasteiger partial charge < -0.3 is 0 Å². The van der Waals surface area contributed by atoms with Gasteiger partial charge in [0.25, 0.3) is 5.91 Å². The van der Waals surface area contributed by atoms with Gasteiger partial charge in [-0.05, 0) is 31.4 Å². The topological polar surface area (TPSA) is 66.5 Å². The van der Waals surface area contributed by atoms with Gasteiger partial charge in [0.1, 0.15) is 5.41 Å². The predicted octanol–water partition coefficient (Wildman–Crippen LogP) is 2.01. The van der Waals surface area contributed by atoms with E-state index in [0.29, 0.717) is 29.1 Å². The first-order valence-electron chi connectivity index (χ1n) is 5.92. The van der Waals surface area contributed by atoms with Crippen LogP contribution >= 0.6 is 11.6 Å². The Bertz CT molecular complexity index is 602. The lowest BCUT2D eigenvalue weighted by atomic mass is 10.0. The Morgan fingerprint density at radius 2 is 1.95 bits per heavy atom. The van der Waals surface area contributed by atoms with Crippen molar-refractivity contribution in [3.05, 3.63) is 28.8 Å². The number of urea groups is 1. The summed E-state index contributed by atoms with van der Waals surface area (Å²) in [7, 11) is 0. The van der Waals surface area contributed by atoms with Crippen molar-refractivity contribution in [1.82, 2.24) is 5.32 Å². The van der Waals surface area contributed by atoms with E-state index in [4.69, 9.17) is 11.6 Å². The number of rotatable bonds is 1. The van der Waals surface area contributed by atoms with Crippen molar-refractivity contribution >= 4 is 35.1 Å². The van der Waals surface area contributed by atoms with Crippen molar-refractivity contribution in [3.8, 4) is 0 Å². The molecule has 1 spiro atoms. The van der Waals surface area contributed by atoms with Crippen LogP contribution in [-0.2, 0) is 9.59 Å². The van der Waals surface area contributed by atoms with Gasteiger partial charge in [0, 0.05) is 0 Å². The number of aryl methyl sites for hydroxylation is 1. The van der Waals surface area contributed by atoms with Crippen LogP contribution in [0.15, 0.2) is 18.2 Å². The van der Waals surface area contributed by atoms with Gasteiger partial charge in [-0.1, -0.05) is 23.7 Å². The van der Waals surface area contributed by atoms with E-state index in [9.17, 15) is 14.4 Å². The number of carbonyl (C=O) groups excluding carboxylic acids is 3. The molecule has 1 heterocycles. The van der Waals surface area contributed by atoms with E-state index in [1.165, 1.54) is 0 Å². The predicted molar refractivity (Wildman–Crippen MR) is 68.9 cm³/mol. The third-order valence-electron chi connectivity index (χ3n) is 3.63. The number of carbonyl (C=O) groups is 3. The maximum atomic E-state index is 12.4. The van der Waals surface area contributed by atoms with E-state index in [-0.39, 0.29) is 0 Å². The van der Waals surface area contributed by atoms with Crippen molar-refractivity contribution < 1.29 is 14.4 Å². The third-order valence-corrected chi connectivity index (χ3v) is 3.94. The quantitative estimate of drug-likeness (QED) is 0.799. The van der Waals surface area contributed by atoms with Gasteiger partial charge in [0.15, 0.2) is 0 Å². The first kappa shape index (κ1) is 12.2. The molecule has 5 nitrogen and oxygen atoms in total. The SMILES string of the molecule is Cc1cccc(Cl)c1N1C(=O)NC(=O)C2(CC2)C1=O. The fourth-order valence-corrected chi connectivity index (χ4v) is 2.66. The standard InChI is InChI=1S/C13H11ClN2O3/c1-7-3-2-4-8(14)9(7)16-11(18)13(5-6-13)10(17)15-12(16)19/h2-4H,5-6H2,1H3,(H,15,17,19). The Morgan fingerprint density at radius 1 is 1.26 bits per heavy atom. The van der Waals surface area contributed by atoms with Crippen LogP contribution in [0.2, 0.25) is 5.02 Å². The summed E-state index contributed by atoms with van der Waals surface area (Å²) in [5, 5.41) is 2.55. The lowest BCUT2D eigenvalue weighted by Gasteiger charge is -2.31. The van der Waals surface area contributed by atoms with Crippen LogP contribution in [0.3, 0.4) is 0 Å². The Balaban J connectivity index is 2.12. The van der Waals surface area contributed by atoms with E-state index in [1.54, 1.807) is 25.1 Å². The molecule has 1 aliphatic carbocycles. The molecule has 19 heavy (non-hydrogen) atoms. The van der Waals surface area contributed by atoms with E-state index < -0.39 is 23.3 Å². The molecule has 0 bridgehead atoms. The summed E-state index contributed by atoms with van der Waals surface area (Å²) < 4.78 is 0. The second kappa shape index (κ2) is 3.81. The highest BCUT2D eigenvalue weighted by atomic mass is 35.5. The summed E-state index contributed by atoms with van der Waals surface area (Å²) in [6, 6.07) is 4.38. The molecular weight excluding hydrogens is 268 g/mol. The number of hydrogen-bond donors (Lipinski definition) is 1. The van der Waals surface area contributed by atoms with Crippen LogP contribution in [0.25, 0.3) is 0 Å². The largest absolute Gasteiger partial charge is 0.335 e. The first-order chi connectivity index (χ1) is 8.97. The van der Waals surface area contributed by atoms with Crippen LogP contribution in [-0.4, -0.2) is 17.8 Å². The summed E-state index contributed by atoms with van der Waals surface area (Å²) in [6.07, 6.45) is 0.954. The molecule has 2 aliphatic rings. The number of barbiturate groups is 1. The molecule has 0 unspecified atom stereocenters. The molecule has 1 N–H and O–H groups in total. The molecule has 1 aromatic carbocycles. The summed E-state index contributed by atoms with van der Waals surface area (Å²) in [6.45, 7) is 1.76. The molecular formula is C13H11ClN2O3. The first-order valence-corrected chi connectivity index (χ1v) is 6.30. The molecule has 1 aromatic rings. The average Bonchev–Trinajstić information content (AvgIpc) is 3.12. The lowest BCUT2D eigenvalue weighted by molar-refractivity contribution is -0.136. The second-order valence-electron chi connectivity index (χ2n) is 4.89. The number of anilines is 1. The minimum absolute atomic E-state index is 0.314. The van der Waals surface area contributed by atoms with Crippen LogP contribution in [0.5, 0.6) is 0 Å². The smallest absolute Gasteiger partial charge is 0.276 e. The highest BCUT2D eigenvalue weighted by molar-refractivity contribution is 6.38. The maximum absolute atomic E-state index is 12.4. The molecule has 1 saturated carbocycles. The molecule has 98 valence electrons. The van der Waals surface area contributed by atoms with Crippen molar-refractivity contribution in [3.63, 3.8) is 0 Å². The molecule has 6 heteroatoms. The van der Waals surface area contributed by atoms with Crippen LogP contribution in [0.4, 0.5) is 10.5 Å². The molecule has 0 aromatic heterocycles. The van der Waals surface area contributed by atoms with E-state index >= 15 is 0 Å². The summed E-state index contributed by atoms with van der Waals surface area (Å²) in [4.78, 5) is 37.1. The Kier molecular flexibility index (Phi) is 2.44. The Hall–Kier alpha value is -1.88. The maximum Gasteiger partial charge on any atom is 0.335 e. The summed E-state index contributed by atoms with van der Waals surface area (Å²) in [5.41, 5.74) is 0.00563.